The van der Waals surface area contributed by atoms with Crippen LogP contribution in [0.25, 0.3) is 0 Å². The van der Waals surface area contributed by atoms with Crippen molar-refractivity contribution in [1.29, 1.82) is 5.41 Å². The van der Waals surface area contributed by atoms with Gasteiger partial charge in [-0.25, -0.2) is 0 Å². The maximum atomic E-state index is 9.21. The van der Waals surface area contributed by atoms with Crippen molar-refractivity contribution in [2.24, 2.45) is 0 Å². The van der Waals surface area contributed by atoms with Gasteiger partial charge in [-0.1, -0.05) is 40.3 Å². The minimum atomic E-state index is -1.60. The molecule has 0 bridgehead atoms. The summed E-state index contributed by atoms with van der Waals surface area (Å²) in [6.07, 6.45) is -0.582. The van der Waals surface area contributed by atoms with Crippen LogP contribution in [0.4, 0.5) is 0 Å². The molecule has 0 aliphatic heterocycles. The van der Waals surface area contributed by atoms with Crippen molar-refractivity contribution in [3.05, 3.63) is 34.3 Å². The normalized spacial score (nSPS) is 12.0. The van der Waals surface area contributed by atoms with E-state index in [1.807, 2.05) is 0 Å². The van der Waals surface area contributed by atoms with Crippen molar-refractivity contribution >= 4 is 39.9 Å². The number of aliphatic hydroxyl groups is 2. The van der Waals surface area contributed by atoms with Gasteiger partial charge in [-0.2, -0.15) is 0 Å². The Morgan fingerprint density at radius 3 is 2.67 bits per heavy atom. The Balaban J connectivity index is 2.46. The monoisotopic (exact) mass is 425 g/mol. The van der Waals surface area contributed by atoms with Gasteiger partial charge in [-0.05, 0) is 31.5 Å². The van der Waals surface area contributed by atoms with Crippen LogP contribution in [0.1, 0.15) is 37.7 Å². The summed E-state index contributed by atoms with van der Waals surface area (Å²) in [6.45, 7) is 5.36. The average molecular weight is 426 g/mol. The van der Waals surface area contributed by atoms with Gasteiger partial charge in [-0.3, -0.25) is 0 Å². The van der Waals surface area contributed by atoms with Crippen LogP contribution in [-0.2, 0) is 11.2 Å². The molecule has 1 aromatic carbocycles. The van der Waals surface area contributed by atoms with E-state index in [9.17, 15) is 10.2 Å². The molecule has 1 rings (SSSR count). The molecule has 21 heavy (non-hydrogen) atoms. The van der Waals surface area contributed by atoms with Gasteiger partial charge in [0.2, 0.25) is 0 Å². The van der Waals surface area contributed by atoms with E-state index in [2.05, 4.69) is 36.4 Å². The van der Waals surface area contributed by atoms with E-state index < -0.39 is 6.29 Å². The van der Waals surface area contributed by atoms with Crippen molar-refractivity contribution in [2.45, 2.75) is 36.4 Å². The molecule has 118 valence electrons. The molecule has 0 saturated heterocycles. The van der Waals surface area contributed by atoms with E-state index in [1.165, 1.54) is 0 Å². The van der Waals surface area contributed by atoms with Crippen LogP contribution >= 0.6 is 34.2 Å². The zero-order valence-electron chi connectivity index (χ0n) is 12.2. The highest BCUT2D eigenvalue weighted by Crippen LogP contribution is 2.23. The number of halogens is 2. The van der Waals surface area contributed by atoms with Crippen LogP contribution in [0.2, 0.25) is 5.02 Å². The Morgan fingerprint density at radius 1 is 1.43 bits per heavy atom. The molecule has 1 aromatic rings. The lowest BCUT2D eigenvalue weighted by molar-refractivity contribution is -0.0424. The Morgan fingerprint density at radius 2 is 2.10 bits per heavy atom. The summed E-state index contributed by atoms with van der Waals surface area (Å²) in [7, 11) is 0. The fourth-order valence-electron chi connectivity index (χ4n) is 1.75. The molecule has 0 spiro atoms. The average Bonchev–Trinajstić information content (AvgIpc) is 2.35. The van der Waals surface area contributed by atoms with Gasteiger partial charge < -0.3 is 20.4 Å². The second kappa shape index (κ2) is 8.43. The van der Waals surface area contributed by atoms with Gasteiger partial charge in [0.05, 0.1) is 13.2 Å². The Hall–Kier alpha value is -0.210. The first-order valence-corrected chi connectivity index (χ1v) is 8.12. The summed E-state index contributed by atoms with van der Waals surface area (Å²) in [5.41, 5.74) is 1.65. The number of ether oxygens (including phenoxy) is 1. The number of rotatable bonds is 8. The number of alkyl halides is 1. The standard InChI is InChI=1S/C15H21ClINO3/c1-15(2,17)9-21-6-5-11(18)7-10-3-4-13(16)12(8-10)14(19)20/h3-4,8,14,18-20H,5-7,9H2,1-2H3. The van der Waals surface area contributed by atoms with Crippen LogP contribution in [-0.4, -0.2) is 32.6 Å². The van der Waals surface area contributed by atoms with E-state index in [0.717, 1.165) is 5.56 Å². The molecule has 0 amide bonds. The zero-order valence-corrected chi connectivity index (χ0v) is 15.1. The highest BCUT2D eigenvalue weighted by atomic mass is 127. The first-order chi connectivity index (χ1) is 9.69. The molecule has 0 heterocycles. The minimum Gasteiger partial charge on any atom is -0.380 e. The lowest BCUT2D eigenvalue weighted by Crippen LogP contribution is -2.19. The third kappa shape index (κ3) is 7.56. The number of aliphatic hydroxyl groups excluding tert-OH is 1. The summed E-state index contributed by atoms with van der Waals surface area (Å²) in [4.78, 5) is 0. The smallest absolute Gasteiger partial charge is 0.179 e. The van der Waals surface area contributed by atoms with E-state index >= 15 is 0 Å². The molecule has 0 saturated carbocycles. The third-order valence-electron chi connectivity index (χ3n) is 2.75. The molecule has 3 N–H and O–H groups in total. The van der Waals surface area contributed by atoms with Crippen LogP contribution in [0.3, 0.4) is 0 Å². The SMILES string of the molecule is CC(C)(I)COCCC(=N)Cc1ccc(Cl)c(C(O)O)c1. The first kappa shape index (κ1) is 18.8. The molecule has 0 fully saturated rings. The summed E-state index contributed by atoms with van der Waals surface area (Å²) in [6, 6.07) is 5.03. The summed E-state index contributed by atoms with van der Waals surface area (Å²) in [5.74, 6) is 0. The first-order valence-electron chi connectivity index (χ1n) is 6.66. The zero-order chi connectivity index (χ0) is 16.0. The Bertz CT molecular complexity index is 486. The predicted molar refractivity (Wildman–Crippen MR) is 93.6 cm³/mol. The molecule has 0 unspecified atom stereocenters. The Kier molecular flexibility index (Phi) is 7.56. The minimum absolute atomic E-state index is 0.0995. The maximum Gasteiger partial charge on any atom is 0.179 e. The lowest BCUT2D eigenvalue weighted by Gasteiger charge is -2.16. The van der Waals surface area contributed by atoms with Gasteiger partial charge in [0.15, 0.2) is 6.29 Å². The predicted octanol–water partition coefficient (Wildman–Crippen LogP) is 3.51. The molecule has 6 heteroatoms. The maximum absolute atomic E-state index is 9.21. The molecule has 0 atom stereocenters. The molecule has 0 aromatic heterocycles. The summed E-state index contributed by atoms with van der Waals surface area (Å²) in [5, 5.41) is 26.7. The quantitative estimate of drug-likeness (QED) is 0.196. The second-order valence-electron chi connectivity index (χ2n) is 5.53. The molecule has 4 nitrogen and oxygen atoms in total. The molecule has 0 aliphatic rings. The molecule has 0 radical (unpaired) electrons. The summed E-state index contributed by atoms with van der Waals surface area (Å²) < 4.78 is 5.64. The van der Waals surface area contributed by atoms with Crippen molar-refractivity contribution in [3.63, 3.8) is 0 Å². The van der Waals surface area contributed by atoms with Crippen LogP contribution in [0.15, 0.2) is 18.2 Å². The Labute approximate surface area is 144 Å². The van der Waals surface area contributed by atoms with Crippen LogP contribution in [0, 0.1) is 5.41 Å². The second-order valence-corrected chi connectivity index (χ2v) is 8.86. The van der Waals surface area contributed by atoms with Crippen molar-refractivity contribution in [3.8, 4) is 0 Å². The molecular weight excluding hydrogens is 405 g/mol. The van der Waals surface area contributed by atoms with E-state index in [4.69, 9.17) is 21.7 Å². The number of hydrogen-bond donors (Lipinski definition) is 3. The largest absolute Gasteiger partial charge is 0.380 e. The van der Waals surface area contributed by atoms with E-state index in [1.54, 1.807) is 18.2 Å². The van der Waals surface area contributed by atoms with Gasteiger partial charge in [0.25, 0.3) is 0 Å². The number of hydrogen-bond acceptors (Lipinski definition) is 4. The highest BCUT2D eigenvalue weighted by Gasteiger charge is 2.13. The van der Waals surface area contributed by atoms with Crippen molar-refractivity contribution in [1.82, 2.24) is 0 Å². The van der Waals surface area contributed by atoms with E-state index in [0.29, 0.717) is 36.8 Å². The number of nitrogens with one attached hydrogen (secondary N) is 1. The van der Waals surface area contributed by atoms with Crippen LogP contribution < -0.4 is 0 Å². The summed E-state index contributed by atoms with van der Waals surface area (Å²) >= 11 is 8.20. The topological polar surface area (TPSA) is 73.5 Å². The fourth-order valence-corrected chi connectivity index (χ4v) is 2.18. The van der Waals surface area contributed by atoms with Crippen molar-refractivity contribution in [2.75, 3.05) is 13.2 Å². The van der Waals surface area contributed by atoms with Gasteiger partial charge in [0, 0.05) is 32.6 Å². The van der Waals surface area contributed by atoms with Gasteiger partial charge in [0.1, 0.15) is 0 Å². The molecule has 0 aliphatic carbocycles. The van der Waals surface area contributed by atoms with E-state index in [-0.39, 0.29) is 8.99 Å². The van der Waals surface area contributed by atoms with Gasteiger partial charge in [-0.15, -0.1) is 0 Å². The van der Waals surface area contributed by atoms with Crippen molar-refractivity contribution < 1.29 is 14.9 Å². The highest BCUT2D eigenvalue weighted by molar-refractivity contribution is 14.1. The molecular formula is C15H21ClINO3. The fraction of sp³-hybridized carbons (Fsp3) is 0.533. The van der Waals surface area contributed by atoms with Gasteiger partial charge >= 0.3 is 0 Å². The lowest BCUT2D eigenvalue weighted by atomic mass is 10.0. The third-order valence-corrected chi connectivity index (χ3v) is 3.41. The van der Waals surface area contributed by atoms with Crippen LogP contribution in [0.5, 0.6) is 0 Å². The number of benzene rings is 1.